The first kappa shape index (κ1) is 24.7. The summed E-state index contributed by atoms with van der Waals surface area (Å²) in [6.45, 7) is 3.87. The maximum atomic E-state index is 13.3. The van der Waals surface area contributed by atoms with E-state index < -0.39 is 23.3 Å². The van der Waals surface area contributed by atoms with Crippen molar-refractivity contribution in [3.8, 4) is 16.9 Å². The Bertz CT molecular complexity index is 1500. The van der Waals surface area contributed by atoms with Gasteiger partial charge in [0.05, 0.1) is 12.7 Å². The first-order valence-corrected chi connectivity index (χ1v) is 10.7. The van der Waals surface area contributed by atoms with E-state index in [1.807, 2.05) is 32.0 Å². The molecule has 3 heterocycles. The summed E-state index contributed by atoms with van der Waals surface area (Å²) in [6, 6.07) is 8.01. The molecule has 0 aliphatic rings. The number of rotatable bonds is 5. The van der Waals surface area contributed by atoms with E-state index in [-0.39, 0.29) is 17.3 Å². The lowest BCUT2D eigenvalue weighted by Crippen LogP contribution is -2.24. The van der Waals surface area contributed by atoms with Gasteiger partial charge in [-0.3, -0.25) is 4.79 Å². The number of pyridine rings is 1. The first-order chi connectivity index (χ1) is 17.0. The van der Waals surface area contributed by atoms with Crippen molar-refractivity contribution < 1.29 is 22.7 Å². The van der Waals surface area contributed by atoms with E-state index in [2.05, 4.69) is 15.3 Å². The summed E-state index contributed by atoms with van der Waals surface area (Å²) < 4.78 is 47.0. The number of hydrogen-bond acceptors (Lipinski definition) is 6. The van der Waals surface area contributed by atoms with Crippen LogP contribution in [0.1, 0.15) is 27.0 Å². The number of esters is 1. The number of halogens is 3. The molecule has 0 bridgehead atoms. The van der Waals surface area contributed by atoms with Crippen LogP contribution in [0.15, 0.2) is 59.9 Å². The molecule has 3 aromatic heterocycles. The van der Waals surface area contributed by atoms with Crippen LogP contribution in [0.3, 0.4) is 0 Å². The molecule has 186 valence electrons. The summed E-state index contributed by atoms with van der Waals surface area (Å²) in [6.07, 6.45) is 0.463. The Morgan fingerprint density at radius 2 is 1.78 bits per heavy atom. The number of ether oxygens (including phenoxy) is 1. The highest BCUT2D eigenvalue weighted by molar-refractivity contribution is 5.90. The van der Waals surface area contributed by atoms with E-state index in [1.165, 1.54) is 40.8 Å². The van der Waals surface area contributed by atoms with Gasteiger partial charge in [0.2, 0.25) is 5.95 Å². The monoisotopic (exact) mass is 497 g/mol. The van der Waals surface area contributed by atoms with Gasteiger partial charge in [-0.05, 0) is 49.2 Å². The lowest BCUT2D eigenvalue weighted by molar-refractivity contribution is -0.137. The fourth-order valence-electron chi connectivity index (χ4n) is 3.82. The Morgan fingerprint density at radius 1 is 1.08 bits per heavy atom. The number of carbonyl (C=O) groups excluding carboxylic acids is 1. The highest BCUT2D eigenvalue weighted by Gasteiger charge is 2.32. The van der Waals surface area contributed by atoms with Gasteiger partial charge in [0, 0.05) is 48.6 Å². The molecule has 0 aliphatic carbocycles. The Balaban J connectivity index is 1.89. The number of hydrogen-bond donors (Lipinski definition) is 1. The summed E-state index contributed by atoms with van der Waals surface area (Å²) in [7, 11) is 2.60. The molecule has 11 heteroatoms. The van der Waals surface area contributed by atoms with Crippen molar-refractivity contribution in [1.29, 1.82) is 0 Å². The van der Waals surface area contributed by atoms with Gasteiger partial charge in [0.15, 0.2) is 0 Å². The molecule has 1 N–H and O–H groups in total. The zero-order valence-electron chi connectivity index (χ0n) is 19.8. The van der Waals surface area contributed by atoms with Crippen molar-refractivity contribution in [1.82, 2.24) is 19.1 Å². The van der Waals surface area contributed by atoms with Crippen LogP contribution in [0.4, 0.5) is 24.8 Å². The zero-order chi connectivity index (χ0) is 26.2. The smallest absolute Gasteiger partial charge is 0.417 e. The molecule has 0 fully saturated rings. The minimum atomic E-state index is -4.55. The second-order valence-corrected chi connectivity index (χ2v) is 8.29. The lowest BCUT2D eigenvalue weighted by atomic mass is 10.1. The normalized spacial score (nSPS) is 11.4. The van der Waals surface area contributed by atoms with Crippen molar-refractivity contribution in [2.75, 3.05) is 12.4 Å². The Kier molecular flexibility index (Phi) is 6.40. The van der Waals surface area contributed by atoms with E-state index >= 15 is 0 Å². The highest BCUT2D eigenvalue weighted by atomic mass is 19.4. The minimum absolute atomic E-state index is 0.113. The summed E-state index contributed by atoms with van der Waals surface area (Å²) >= 11 is 0. The number of carbonyl (C=O) groups is 1. The molecule has 0 unspecified atom stereocenters. The van der Waals surface area contributed by atoms with Crippen LogP contribution in [0, 0.1) is 13.8 Å². The van der Waals surface area contributed by atoms with Gasteiger partial charge in [-0.15, -0.1) is 0 Å². The van der Waals surface area contributed by atoms with Crippen molar-refractivity contribution in [2.24, 2.45) is 7.05 Å². The van der Waals surface area contributed by atoms with E-state index in [9.17, 15) is 22.8 Å². The van der Waals surface area contributed by atoms with Gasteiger partial charge < -0.3 is 19.2 Å². The number of nitrogens with one attached hydrogen (secondary N) is 1. The molecule has 36 heavy (non-hydrogen) atoms. The molecule has 1 aromatic carbocycles. The third-order valence-electron chi connectivity index (χ3n) is 5.41. The Labute approximate surface area is 204 Å². The number of aromatic nitrogens is 4. The molecule has 4 aromatic rings. The number of anilines is 2. The molecule has 4 rings (SSSR count). The van der Waals surface area contributed by atoms with Gasteiger partial charge in [-0.2, -0.15) is 18.2 Å². The summed E-state index contributed by atoms with van der Waals surface area (Å²) in [5, 5.41) is 3.08. The Hall–Kier alpha value is -4.41. The average Bonchev–Trinajstić information content (AvgIpc) is 3.30. The maximum absolute atomic E-state index is 13.3. The fourth-order valence-corrected chi connectivity index (χ4v) is 3.82. The molecule has 0 radical (unpaired) electrons. The minimum Gasteiger partial charge on any atom is -0.465 e. The van der Waals surface area contributed by atoms with E-state index in [0.29, 0.717) is 16.8 Å². The number of methoxy groups -OCH3 is 1. The molecule has 0 spiro atoms. The maximum Gasteiger partial charge on any atom is 0.417 e. The van der Waals surface area contributed by atoms with Crippen LogP contribution in [0.25, 0.3) is 16.9 Å². The summed E-state index contributed by atoms with van der Waals surface area (Å²) in [5.41, 5.74) is 1.70. The Morgan fingerprint density at radius 3 is 2.39 bits per heavy atom. The fraction of sp³-hybridized carbons (Fsp3) is 0.200. The van der Waals surface area contributed by atoms with E-state index in [4.69, 9.17) is 4.74 Å². The van der Waals surface area contributed by atoms with Crippen LogP contribution in [0.5, 0.6) is 0 Å². The summed E-state index contributed by atoms with van der Waals surface area (Å²) in [4.78, 5) is 33.4. The van der Waals surface area contributed by atoms with Crippen molar-refractivity contribution in [2.45, 2.75) is 20.0 Å². The molecule has 0 saturated carbocycles. The second kappa shape index (κ2) is 9.33. The third-order valence-corrected chi connectivity index (χ3v) is 5.41. The third kappa shape index (κ3) is 4.99. The number of benzene rings is 1. The van der Waals surface area contributed by atoms with Crippen LogP contribution >= 0.6 is 0 Å². The topological polar surface area (TPSA) is 91.0 Å². The molecular weight excluding hydrogens is 475 g/mol. The van der Waals surface area contributed by atoms with Gasteiger partial charge in [0.25, 0.3) is 5.56 Å². The van der Waals surface area contributed by atoms with E-state index in [1.54, 1.807) is 0 Å². The molecular formula is C25H22F3N5O3. The predicted octanol–water partition coefficient (Wildman–Crippen LogP) is 4.80. The van der Waals surface area contributed by atoms with E-state index in [0.717, 1.165) is 30.5 Å². The SMILES string of the molecule is COC(=O)c1cc(-c2cnc(Nc3cc(C)cc(C)c3)nc2-n2ccc(C(F)(F)F)c2)cn(C)c1=O. The first-order valence-electron chi connectivity index (χ1n) is 10.7. The molecule has 0 saturated heterocycles. The number of aryl methyl sites for hydroxylation is 3. The van der Waals surface area contributed by atoms with Crippen molar-refractivity contribution >= 4 is 17.6 Å². The number of alkyl halides is 3. The second-order valence-electron chi connectivity index (χ2n) is 8.29. The van der Waals surface area contributed by atoms with Gasteiger partial charge in [-0.25, -0.2) is 9.78 Å². The molecule has 0 aliphatic heterocycles. The van der Waals surface area contributed by atoms with Crippen molar-refractivity contribution in [3.05, 3.63) is 87.7 Å². The molecule has 8 nitrogen and oxygen atoms in total. The number of nitrogens with zero attached hydrogens (tertiary/aromatic N) is 4. The zero-order valence-corrected chi connectivity index (χ0v) is 19.8. The van der Waals surface area contributed by atoms with Gasteiger partial charge in [-0.1, -0.05) is 6.07 Å². The van der Waals surface area contributed by atoms with Crippen LogP contribution in [-0.2, 0) is 18.0 Å². The van der Waals surface area contributed by atoms with Crippen molar-refractivity contribution in [3.63, 3.8) is 0 Å². The van der Waals surface area contributed by atoms with Crippen LogP contribution in [-0.4, -0.2) is 32.2 Å². The quantitative estimate of drug-likeness (QED) is 0.399. The van der Waals surface area contributed by atoms with Gasteiger partial charge in [0.1, 0.15) is 11.4 Å². The predicted molar refractivity (Wildman–Crippen MR) is 128 cm³/mol. The van der Waals surface area contributed by atoms with Crippen LogP contribution in [0.2, 0.25) is 0 Å². The summed E-state index contributed by atoms with van der Waals surface area (Å²) in [5.74, 6) is -0.575. The molecule has 0 amide bonds. The molecule has 0 atom stereocenters. The highest BCUT2D eigenvalue weighted by Crippen LogP contribution is 2.32. The van der Waals surface area contributed by atoms with Crippen LogP contribution < -0.4 is 10.9 Å². The standard InChI is InChI=1S/C25H22F3N5O3/c1-14-7-15(2)9-18(8-14)30-24-29-11-20(16-10-19(23(35)36-4)22(34)32(3)12-16)21(31-24)33-6-5-17(13-33)25(26,27)28/h5-13H,1-4H3,(H,29,30,31). The lowest BCUT2D eigenvalue weighted by Gasteiger charge is -2.14. The largest absolute Gasteiger partial charge is 0.465 e. The van der Waals surface area contributed by atoms with Gasteiger partial charge >= 0.3 is 12.1 Å². The average molecular weight is 497 g/mol.